The van der Waals surface area contributed by atoms with Crippen LogP contribution in [0.2, 0.25) is 0 Å². The van der Waals surface area contributed by atoms with Crippen molar-refractivity contribution in [3.8, 4) is 0 Å². The second-order valence-electron chi connectivity index (χ2n) is 6.21. The Morgan fingerprint density at radius 3 is 2.65 bits per heavy atom. The van der Waals surface area contributed by atoms with Gasteiger partial charge in [-0.1, -0.05) is 23.1 Å². The van der Waals surface area contributed by atoms with Gasteiger partial charge in [-0.2, -0.15) is 13.2 Å². The summed E-state index contributed by atoms with van der Waals surface area (Å²) in [5.74, 6) is -2.62. The summed E-state index contributed by atoms with van der Waals surface area (Å²) in [6.07, 6.45) is -0.300. The Morgan fingerprint density at radius 1 is 1.13 bits per heavy atom. The number of carbonyl (C=O) groups excluding carboxylic acids is 1. The van der Waals surface area contributed by atoms with Gasteiger partial charge in [0.15, 0.2) is 11.0 Å². The molecule has 1 N–H and O–H groups in total. The summed E-state index contributed by atoms with van der Waals surface area (Å²) in [5, 5.41) is 6.50. The molecule has 3 aromatic heterocycles. The van der Waals surface area contributed by atoms with Crippen molar-refractivity contribution in [3.05, 3.63) is 74.4 Å². The highest BCUT2D eigenvalue weighted by atomic mass is 19.4. The quantitative estimate of drug-likeness (QED) is 0.493. The van der Waals surface area contributed by atoms with E-state index in [1.807, 2.05) is 6.07 Å². The molecule has 0 aliphatic carbocycles. The van der Waals surface area contributed by atoms with Crippen molar-refractivity contribution >= 4 is 40.1 Å². The standard InChI is InChI=1S/C19H10F3N5O4/c20-19(21,22)18(30)31-27-15-14(25-26-27)17(29)24-13-9-10(5-7-12(13)16(15)28)4-6-11-3-1-2-8-23-11/h1-9H,(H,24,29). The maximum atomic E-state index is 12.9. The number of alkyl halides is 3. The van der Waals surface area contributed by atoms with Gasteiger partial charge >= 0.3 is 12.1 Å². The van der Waals surface area contributed by atoms with Gasteiger partial charge in [0.1, 0.15) is 0 Å². The molecule has 12 heteroatoms. The van der Waals surface area contributed by atoms with E-state index in [9.17, 15) is 27.6 Å². The highest BCUT2D eigenvalue weighted by molar-refractivity contribution is 5.89. The van der Waals surface area contributed by atoms with E-state index < -0.39 is 34.2 Å². The van der Waals surface area contributed by atoms with E-state index in [2.05, 4.69) is 25.1 Å². The van der Waals surface area contributed by atoms with Crippen LogP contribution >= 0.6 is 0 Å². The van der Waals surface area contributed by atoms with Gasteiger partial charge in [0.25, 0.3) is 5.56 Å². The number of halogens is 3. The molecular weight excluding hydrogens is 419 g/mol. The van der Waals surface area contributed by atoms with Crippen molar-refractivity contribution in [1.82, 2.24) is 25.1 Å². The SMILES string of the molecule is O=C(On1nnc2c(=O)[nH]c3cc(C=Cc4ccccn4)ccc3c(=O)c21)C(F)(F)F. The monoisotopic (exact) mass is 429 g/mol. The lowest BCUT2D eigenvalue weighted by Gasteiger charge is -2.04. The predicted molar refractivity (Wildman–Crippen MR) is 103 cm³/mol. The van der Waals surface area contributed by atoms with Crippen molar-refractivity contribution in [2.75, 3.05) is 0 Å². The Morgan fingerprint density at radius 2 is 1.94 bits per heavy atom. The first kappa shape index (κ1) is 19.9. The fraction of sp³-hybridized carbons (Fsp3) is 0.0526. The molecule has 0 spiro atoms. The summed E-state index contributed by atoms with van der Waals surface area (Å²) in [6, 6.07) is 9.77. The van der Waals surface area contributed by atoms with Crippen LogP contribution < -0.4 is 15.8 Å². The number of aromatic amines is 1. The predicted octanol–water partition coefficient (Wildman–Crippen LogP) is 1.72. The molecule has 31 heavy (non-hydrogen) atoms. The first-order valence-electron chi connectivity index (χ1n) is 8.58. The highest BCUT2D eigenvalue weighted by Gasteiger charge is 2.42. The summed E-state index contributed by atoms with van der Waals surface area (Å²) in [5.41, 5.74) is -1.69. The summed E-state index contributed by atoms with van der Waals surface area (Å²) in [7, 11) is 0. The van der Waals surface area contributed by atoms with Gasteiger partial charge in [0, 0.05) is 11.6 Å². The van der Waals surface area contributed by atoms with Crippen LogP contribution in [0.3, 0.4) is 0 Å². The lowest BCUT2D eigenvalue weighted by molar-refractivity contribution is -0.201. The number of benzene rings is 1. The molecule has 9 nitrogen and oxygen atoms in total. The average molecular weight is 429 g/mol. The topological polar surface area (TPSA) is 120 Å². The number of hydrogen-bond donors (Lipinski definition) is 1. The molecule has 0 amide bonds. The normalized spacial score (nSPS) is 12.0. The Bertz CT molecular complexity index is 1460. The van der Waals surface area contributed by atoms with Gasteiger partial charge in [-0.05, 0) is 41.1 Å². The van der Waals surface area contributed by atoms with Crippen LogP contribution in [-0.4, -0.2) is 37.3 Å². The third-order valence-corrected chi connectivity index (χ3v) is 4.14. The number of rotatable bonds is 3. The molecule has 156 valence electrons. The first-order chi connectivity index (χ1) is 14.7. The van der Waals surface area contributed by atoms with Crippen LogP contribution in [0.4, 0.5) is 13.2 Å². The molecule has 3 heterocycles. The van der Waals surface area contributed by atoms with E-state index in [0.29, 0.717) is 11.3 Å². The van der Waals surface area contributed by atoms with Crippen molar-refractivity contribution in [3.63, 3.8) is 0 Å². The smallest absolute Gasteiger partial charge is 0.320 e. The zero-order chi connectivity index (χ0) is 22.2. The minimum atomic E-state index is -5.33. The van der Waals surface area contributed by atoms with E-state index in [1.54, 1.807) is 36.5 Å². The fourth-order valence-electron chi connectivity index (χ4n) is 2.74. The molecule has 1 aromatic carbocycles. The molecule has 4 aromatic rings. The van der Waals surface area contributed by atoms with E-state index in [0.717, 1.165) is 0 Å². The highest BCUT2D eigenvalue weighted by Crippen LogP contribution is 2.16. The second kappa shape index (κ2) is 7.48. The third-order valence-electron chi connectivity index (χ3n) is 4.14. The van der Waals surface area contributed by atoms with E-state index in [1.165, 1.54) is 12.1 Å². The Hall–Kier alpha value is -4.35. The fourth-order valence-corrected chi connectivity index (χ4v) is 2.74. The molecule has 0 unspecified atom stereocenters. The molecule has 0 aliphatic rings. The van der Waals surface area contributed by atoms with Gasteiger partial charge in [0.05, 0.1) is 11.2 Å². The Labute approximate surface area is 169 Å². The number of hydrogen-bond acceptors (Lipinski definition) is 7. The molecular formula is C19H10F3N5O4. The number of carbonyl (C=O) groups is 1. The lowest BCUT2D eigenvalue weighted by atomic mass is 10.1. The number of nitrogens with one attached hydrogen (secondary N) is 1. The molecule has 0 aliphatic heterocycles. The maximum absolute atomic E-state index is 12.9. The van der Waals surface area contributed by atoms with Crippen molar-refractivity contribution in [2.24, 2.45) is 0 Å². The van der Waals surface area contributed by atoms with Gasteiger partial charge in [-0.15, -0.1) is 5.10 Å². The van der Waals surface area contributed by atoms with E-state index >= 15 is 0 Å². The van der Waals surface area contributed by atoms with Gasteiger partial charge in [0.2, 0.25) is 5.43 Å². The maximum Gasteiger partial charge on any atom is 0.493 e. The number of nitrogens with zero attached hydrogens (tertiary/aromatic N) is 4. The summed E-state index contributed by atoms with van der Waals surface area (Å²) in [4.78, 5) is 47.1. The number of aromatic nitrogens is 5. The zero-order valence-corrected chi connectivity index (χ0v) is 15.3. The largest absolute Gasteiger partial charge is 0.493 e. The molecule has 0 atom stereocenters. The minimum absolute atomic E-state index is 0.00292. The first-order valence-corrected chi connectivity index (χ1v) is 8.58. The number of fused-ring (bicyclic) bond motifs is 2. The van der Waals surface area contributed by atoms with E-state index in [-0.39, 0.29) is 15.7 Å². The molecule has 0 bridgehead atoms. The molecule has 0 fully saturated rings. The lowest BCUT2D eigenvalue weighted by Crippen LogP contribution is -2.34. The van der Waals surface area contributed by atoms with Crippen LogP contribution in [0.15, 0.2) is 52.2 Å². The van der Waals surface area contributed by atoms with Crippen LogP contribution in [-0.2, 0) is 4.79 Å². The van der Waals surface area contributed by atoms with Crippen LogP contribution in [0, 0.1) is 0 Å². The number of pyridine rings is 1. The summed E-state index contributed by atoms with van der Waals surface area (Å²) >= 11 is 0. The summed E-state index contributed by atoms with van der Waals surface area (Å²) in [6.45, 7) is 0. The Balaban J connectivity index is 1.85. The van der Waals surface area contributed by atoms with Crippen LogP contribution in [0.5, 0.6) is 0 Å². The van der Waals surface area contributed by atoms with Crippen molar-refractivity contribution in [1.29, 1.82) is 0 Å². The second-order valence-corrected chi connectivity index (χ2v) is 6.21. The van der Waals surface area contributed by atoms with Crippen LogP contribution in [0.25, 0.3) is 34.1 Å². The average Bonchev–Trinajstić information content (AvgIpc) is 3.11. The molecule has 0 saturated heterocycles. The van der Waals surface area contributed by atoms with Crippen molar-refractivity contribution in [2.45, 2.75) is 6.18 Å². The van der Waals surface area contributed by atoms with Gasteiger partial charge < -0.3 is 9.82 Å². The Kier molecular flexibility index (Phi) is 4.81. The van der Waals surface area contributed by atoms with Gasteiger partial charge in [-0.25, -0.2) is 4.79 Å². The third kappa shape index (κ3) is 3.90. The van der Waals surface area contributed by atoms with E-state index in [4.69, 9.17) is 0 Å². The number of H-pyrrole nitrogens is 1. The van der Waals surface area contributed by atoms with Gasteiger partial charge in [-0.3, -0.25) is 14.6 Å². The molecule has 0 saturated carbocycles. The van der Waals surface area contributed by atoms with Crippen molar-refractivity contribution < 1.29 is 22.8 Å². The molecule has 4 rings (SSSR count). The van der Waals surface area contributed by atoms with Crippen LogP contribution in [0.1, 0.15) is 11.3 Å². The zero-order valence-electron chi connectivity index (χ0n) is 15.3. The minimum Gasteiger partial charge on any atom is -0.320 e. The summed E-state index contributed by atoms with van der Waals surface area (Å²) < 4.78 is 37.5. The molecule has 0 radical (unpaired) electrons.